The van der Waals surface area contributed by atoms with Crippen LogP contribution in [0.2, 0.25) is 0 Å². The minimum Gasteiger partial charge on any atom is -0.497 e. The lowest BCUT2D eigenvalue weighted by molar-refractivity contribution is -0.134. The first-order chi connectivity index (χ1) is 20.9. The summed E-state index contributed by atoms with van der Waals surface area (Å²) in [6.45, 7) is 3.77. The van der Waals surface area contributed by atoms with Crippen molar-refractivity contribution in [2.24, 2.45) is 5.92 Å². The van der Waals surface area contributed by atoms with Crippen LogP contribution in [0.15, 0.2) is 71.6 Å². The molecule has 0 spiro atoms. The summed E-state index contributed by atoms with van der Waals surface area (Å²) in [6, 6.07) is 15.1. The largest absolute Gasteiger partial charge is 0.497 e. The van der Waals surface area contributed by atoms with Gasteiger partial charge in [0.25, 0.3) is 10.0 Å². The Kier molecular flexibility index (Phi) is 10.3. The molecule has 1 aliphatic rings. The van der Waals surface area contributed by atoms with E-state index in [1.165, 1.54) is 48.4 Å². The van der Waals surface area contributed by atoms with E-state index in [-0.39, 0.29) is 48.5 Å². The third kappa shape index (κ3) is 7.97. The molecule has 1 aliphatic heterocycles. The summed E-state index contributed by atoms with van der Waals surface area (Å²) in [7, 11) is -0.868. The lowest BCUT2D eigenvalue weighted by Gasteiger charge is -2.34. The van der Waals surface area contributed by atoms with Crippen molar-refractivity contribution in [3.63, 3.8) is 0 Å². The maximum absolute atomic E-state index is 13.5. The van der Waals surface area contributed by atoms with Crippen LogP contribution in [0.4, 0.5) is 20.6 Å². The van der Waals surface area contributed by atoms with Gasteiger partial charge in [-0.2, -0.15) is 0 Å². The lowest BCUT2D eigenvalue weighted by atomic mass is 10.0. The summed E-state index contributed by atoms with van der Waals surface area (Å²) in [5, 5.41) is 12.6. The summed E-state index contributed by atoms with van der Waals surface area (Å²) in [5.41, 5.74) is 1.10. The van der Waals surface area contributed by atoms with Crippen molar-refractivity contribution < 1.29 is 37.0 Å². The van der Waals surface area contributed by atoms with Gasteiger partial charge in [-0.25, -0.2) is 17.6 Å². The number of fused-ring (bicyclic) bond motifs is 1. The predicted molar refractivity (Wildman–Crippen MR) is 164 cm³/mol. The van der Waals surface area contributed by atoms with Gasteiger partial charge in [-0.15, -0.1) is 0 Å². The van der Waals surface area contributed by atoms with Crippen LogP contribution in [0, 0.1) is 11.7 Å². The van der Waals surface area contributed by atoms with Crippen molar-refractivity contribution in [2.45, 2.75) is 37.3 Å². The number of aliphatic hydroxyl groups excluding tert-OH is 1. The fourth-order valence-electron chi connectivity index (χ4n) is 4.78. The van der Waals surface area contributed by atoms with Gasteiger partial charge in [0.05, 0.1) is 37.6 Å². The molecule has 3 atom stereocenters. The highest BCUT2D eigenvalue weighted by atomic mass is 32.2. The van der Waals surface area contributed by atoms with Crippen molar-refractivity contribution in [3.05, 3.63) is 78.1 Å². The van der Waals surface area contributed by atoms with E-state index >= 15 is 0 Å². The Morgan fingerprint density at radius 1 is 1.14 bits per heavy atom. The number of nitrogens with one attached hydrogen (secondary N) is 2. The second kappa shape index (κ2) is 14.0. The van der Waals surface area contributed by atoms with Gasteiger partial charge in [-0.3, -0.25) is 9.52 Å². The second-order valence-corrected chi connectivity index (χ2v) is 12.5. The van der Waals surface area contributed by atoms with Gasteiger partial charge < -0.3 is 29.7 Å². The molecule has 0 unspecified atom stereocenters. The number of urea groups is 1. The molecule has 0 saturated heterocycles. The molecule has 0 radical (unpaired) electrons. The summed E-state index contributed by atoms with van der Waals surface area (Å²) in [6.07, 6.45) is -0.683. The van der Waals surface area contributed by atoms with E-state index in [0.29, 0.717) is 22.7 Å². The van der Waals surface area contributed by atoms with E-state index in [2.05, 4.69) is 10.0 Å². The highest BCUT2D eigenvalue weighted by molar-refractivity contribution is 7.92. The number of likely N-dealkylation sites (N-methyl/N-ethyl adjacent to an activating group) is 1. The predicted octanol–water partition coefficient (Wildman–Crippen LogP) is 3.95. The molecule has 3 aromatic rings. The number of halogens is 1. The first-order valence-corrected chi connectivity index (χ1v) is 15.5. The number of hydrogen-bond acceptors (Lipinski definition) is 7. The average Bonchev–Trinajstić information content (AvgIpc) is 3.05. The van der Waals surface area contributed by atoms with E-state index in [1.54, 1.807) is 49.2 Å². The van der Waals surface area contributed by atoms with Crippen molar-refractivity contribution in [1.82, 2.24) is 9.80 Å². The zero-order valence-electron chi connectivity index (χ0n) is 25.0. The Morgan fingerprint density at radius 3 is 2.43 bits per heavy atom. The molecule has 0 aromatic heterocycles. The van der Waals surface area contributed by atoms with Gasteiger partial charge in [-0.1, -0.05) is 6.92 Å². The number of methoxy groups -OCH3 is 1. The number of aliphatic hydroxyl groups is 1. The van der Waals surface area contributed by atoms with Crippen molar-refractivity contribution in [2.75, 3.05) is 43.9 Å². The number of rotatable bonds is 9. The van der Waals surface area contributed by atoms with Crippen LogP contribution in [0.3, 0.4) is 0 Å². The number of hydrogen-bond donors (Lipinski definition) is 3. The molecule has 0 fully saturated rings. The van der Waals surface area contributed by atoms with Crippen molar-refractivity contribution in [3.8, 4) is 11.5 Å². The van der Waals surface area contributed by atoms with Gasteiger partial charge in [0.2, 0.25) is 5.91 Å². The van der Waals surface area contributed by atoms with E-state index < -0.39 is 34.0 Å². The fraction of sp³-hybridized carbons (Fsp3) is 0.355. The average molecular weight is 629 g/mol. The van der Waals surface area contributed by atoms with Crippen LogP contribution < -0.4 is 19.5 Å². The summed E-state index contributed by atoms with van der Waals surface area (Å²) >= 11 is 0. The van der Waals surface area contributed by atoms with Gasteiger partial charge in [0.1, 0.15) is 23.4 Å². The Balaban J connectivity index is 1.60. The van der Waals surface area contributed by atoms with Gasteiger partial charge in [0.15, 0.2) is 0 Å². The normalized spacial score (nSPS) is 17.7. The molecule has 3 amide bonds. The Labute approximate surface area is 256 Å². The maximum atomic E-state index is 13.5. The van der Waals surface area contributed by atoms with Crippen LogP contribution in [0.5, 0.6) is 11.5 Å². The number of carbonyl (C=O) groups is 2. The van der Waals surface area contributed by atoms with Crippen LogP contribution in [0.1, 0.15) is 19.4 Å². The first kappa shape index (κ1) is 32.6. The van der Waals surface area contributed by atoms with E-state index in [9.17, 15) is 27.5 Å². The molecule has 3 N–H and O–H groups in total. The number of benzene rings is 3. The smallest absolute Gasteiger partial charge is 0.321 e. The minimum absolute atomic E-state index is 0.0351. The second-order valence-electron chi connectivity index (χ2n) is 10.8. The number of ether oxygens (including phenoxy) is 2. The zero-order chi connectivity index (χ0) is 32.0. The van der Waals surface area contributed by atoms with Crippen molar-refractivity contribution in [1.29, 1.82) is 0 Å². The van der Waals surface area contributed by atoms with E-state index in [1.807, 2.05) is 6.92 Å². The van der Waals surface area contributed by atoms with Crippen molar-refractivity contribution >= 4 is 33.3 Å². The van der Waals surface area contributed by atoms with Crippen LogP contribution in [-0.4, -0.2) is 81.3 Å². The highest BCUT2D eigenvalue weighted by Gasteiger charge is 2.32. The molecule has 236 valence electrons. The first-order valence-electron chi connectivity index (χ1n) is 14.0. The quantitative estimate of drug-likeness (QED) is 0.326. The lowest BCUT2D eigenvalue weighted by Crippen LogP contribution is -2.48. The van der Waals surface area contributed by atoms with Crippen LogP contribution in [-0.2, 0) is 21.2 Å². The standard InChI is InChI=1S/C31H37FN4O7S/c1-20-17-36(21(2)19-37)30(38)16-22-15-25(34-44(40,41)27-12-10-26(42-4)11-13-27)9-14-28(22)43-29(20)18-35(3)31(39)33-24-7-5-23(32)6-8-24/h5-15,20-21,29,34,37H,16-19H2,1-4H3,(H,33,39)/t20-,21+,29-/m0/s1. The summed E-state index contributed by atoms with van der Waals surface area (Å²) in [4.78, 5) is 29.5. The van der Waals surface area contributed by atoms with Crippen LogP contribution in [0.25, 0.3) is 0 Å². The molecule has 3 aromatic carbocycles. The van der Waals surface area contributed by atoms with E-state index in [0.717, 1.165) is 0 Å². The number of amides is 3. The van der Waals surface area contributed by atoms with Crippen LogP contribution >= 0.6 is 0 Å². The molecular weight excluding hydrogens is 591 g/mol. The molecule has 0 saturated carbocycles. The third-order valence-corrected chi connectivity index (χ3v) is 8.83. The van der Waals surface area contributed by atoms with E-state index in [4.69, 9.17) is 9.47 Å². The molecule has 4 rings (SSSR count). The Hall–Kier alpha value is -4.36. The maximum Gasteiger partial charge on any atom is 0.321 e. The Morgan fingerprint density at radius 2 is 1.80 bits per heavy atom. The summed E-state index contributed by atoms with van der Waals surface area (Å²) in [5.74, 6) is -0.0698. The SMILES string of the molecule is COc1ccc(S(=O)(=O)Nc2ccc3c(c2)CC(=O)N([C@H](C)CO)C[C@H](C)[C@H](CN(C)C(=O)Nc2ccc(F)cc2)O3)cc1. The molecule has 0 aliphatic carbocycles. The Bertz CT molecular complexity index is 1570. The number of nitrogens with zero attached hydrogens (tertiary/aromatic N) is 2. The van der Waals surface area contributed by atoms with Gasteiger partial charge >= 0.3 is 6.03 Å². The molecule has 1 heterocycles. The fourth-order valence-corrected chi connectivity index (χ4v) is 5.83. The molecule has 0 bridgehead atoms. The minimum atomic E-state index is -3.95. The van der Waals surface area contributed by atoms with Gasteiger partial charge in [0, 0.05) is 36.4 Å². The monoisotopic (exact) mass is 628 g/mol. The van der Waals surface area contributed by atoms with Gasteiger partial charge in [-0.05, 0) is 73.7 Å². The number of sulfonamides is 1. The molecular formula is C31H37FN4O7S. The third-order valence-electron chi connectivity index (χ3n) is 7.43. The molecule has 11 nitrogen and oxygen atoms in total. The number of anilines is 2. The number of carbonyl (C=O) groups excluding carboxylic acids is 2. The molecule has 13 heteroatoms. The topological polar surface area (TPSA) is 138 Å². The zero-order valence-corrected chi connectivity index (χ0v) is 25.8. The molecule has 44 heavy (non-hydrogen) atoms. The summed E-state index contributed by atoms with van der Waals surface area (Å²) < 4.78 is 53.5. The highest BCUT2D eigenvalue weighted by Crippen LogP contribution is 2.30.